The molecular weight excluding hydrogens is 364 g/mol. The van der Waals surface area contributed by atoms with Gasteiger partial charge in [0.2, 0.25) is 10.0 Å². The number of hydrogen-bond acceptors (Lipinski definition) is 5. The molecule has 3 rings (SSSR count). The first-order chi connectivity index (χ1) is 13.0. The van der Waals surface area contributed by atoms with E-state index in [1.54, 1.807) is 18.2 Å². The maximum absolute atomic E-state index is 12.9. The van der Waals surface area contributed by atoms with E-state index in [2.05, 4.69) is 0 Å². The van der Waals surface area contributed by atoms with Crippen LogP contribution in [0.3, 0.4) is 0 Å². The van der Waals surface area contributed by atoms with Gasteiger partial charge in [-0.25, -0.2) is 13.2 Å². The van der Waals surface area contributed by atoms with Gasteiger partial charge in [0.1, 0.15) is 5.75 Å². The van der Waals surface area contributed by atoms with E-state index in [0.29, 0.717) is 24.4 Å². The van der Waals surface area contributed by atoms with Crippen LogP contribution in [-0.4, -0.2) is 31.8 Å². The zero-order valence-electron chi connectivity index (χ0n) is 14.8. The van der Waals surface area contributed by atoms with Gasteiger partial charge < -0.3 is 4.74 Å². The molecular formula is C20H20N2O4S. The number of ether oxygens (including phenoxy) is 1. The molecule has 2 aromatic carbocycles. The minimum Gasteiger partial charge on any atom is -0.423 e. The minimum atomic E-state index is -3.63. The zero-order valence-corrected chi connectivity index (χ0v) is 15.6. The van der Waals surface area contributed by atoms with E-state index in [0.717, 1.165) is 25.7 Å². The van der Waals surface area contributed by atoms with Crippen LogP contribution in [-0.2, 0) is 10.0 Å². The van der Waals surface area contributed by atoms with Crippen LogP contribution in [0, 0.1) is 11.3 Å². The van der Waals surface area contributed by atoms with Gasteiger partial charge in [-0.3, -0.25) is 0 Å². The van der Waals surface area contributed by atoms with E-state index in [1.165, 1.54) is 34.6 Å². The Bertz CT molecular complexity index is 954. The largest absolute Gasteiger partial charge is 0.423 e. The fourth-order valence-corrected chi connectivity index (χ4v) is 4.54. The molecule has 7 heteroatoms. The lowest BCUT2D eigenvalue weighted by Crippen LogP contribution is -2.32. The van der Waals surface area contributed by atoms with E-state index in [-0.39, 0.29) is 10.5 Å². The topological polar surface area (TPSA) is 87.5 Å². The van der Waals surface area contributed by atoms with Crippen molar-refractivity contribution in [2.24, 2.45) is 0 Å². The summed E-state index contributed by atoms with van der Waals surface area (Å²) in [5.74, 6) is -0.354. The van der Waals surface area contributed by atoms with Gasteiger partial charge in [0.25, 0.3) is 0 Å². The van der Waals surface area contributed by atoms with E-state index in [4.69, 9.17) is 10.00 Å². The van der Waals surface area contributed by atoms with Gasteiger partial charge in [-0.05, 0) is 55.3 Å². The van der Waals surface area contributed by atoms with Crippen molar-refractivity contribution in [3.05, 3.63) is 59.7 Å². The van der Waals surface area contributed by atoms with Crippen molar-refractivity contribution >= 4 is 16.0 Å². The summed E-state index contributed by atoms with van der Waals surface area (Å²) in [6.45, 7) is 1.00. The molecule has 0 atom stereocenters. The van der Waals surface area contributed by atoms with Gasteiger partial charge in [0, 0.05) is 13.1 Å². The summed E-state index contributed by atoms with van der Waals surface area (Å²) in [6.07, 6.45) is 3.76. The number of benzene rings is 2. The summed E-state index contributed by atoms with van der Waals surface area (Å²) < 4.78 is 32.5. The molecule has 1 aliphatic heterocycles. The molecule has 2 aromatic rings. The van der Waals surface area contributed by atoms with Crippen molar-refractivity contribution in [3.8, 4) is 11.8 Å². The van der Waals surface area contributed by atoms with Crippen molar-refractivity contribution in [2.75, 3.05) is 13.1 Å². The summed E-state index contributed by atoms with van der Waals surface area (Å²) in [4.78, 5) is 12.5. The Morgan fingerprint density at radius 3 is 2.30 bits per heavy atom. The van der Waals surface area contributed by atoms with Crippen LogP contribution in [0.2, 0.25) is 0 Å². The number of hydrogen-bond donors (Lipinski definition) is 0. The first-order valence-electron chi connectivity index (χ1n) is 8.83. The molecule has 0 bridgehead atoms. The van der Waals surface area contributed by atoms with Crippen molar-refractivity contribution in [3.63, 3.8) is 0 Å². The van der Waals surface area contributed by atoms with Gasteiger partial charge in [-0.15, -0.1) is 0 Å². The first-order valence-corrected chi connectivity index (χ1v) is 10.3. The van der Waals surface area contributed by atoms with Crippen molar-refractivity contribution in [1.82, 2.24) is 4.31 Å². The third-order valence-corrected chi connectivity index (χ3v) is 6.36. The summed E-state index contributed by atoms with van der Waals surface area (Å²) >= 11 is 0. The third kappa shape index (κ3) is 4.54. The fraction of sp³-hybridized carbons (Fsp3) is 0.300. The Morgan fingerprint density at radius 2 is 1.67 bits per heavy atom. The van der Waals surface area contributed by atoms with Crippen LogP contribution in [0.4, 0.5) is 0 Å². The third-order valence-electron chi connectivity index (χ3n) is 4.47. The highest BCUT2D eigenvalue weighted by Crippen LogP contribution is 2.22. The molecule has 1 saturated heterocycles. The molecule has 0 unspecified atom stereocenters. The molecule has 140 valence electrons. The molecule has 6 nitrogen and oxygen atoms in total. The Kier molecular flexibility index (Phi) is 5.89. The molecule has 1 fully saturated rings. The van der Waals surface area contributed by atoms with Gasteiger partial charge in [0.05, 0.1) is 22.1 Å². The maximum atomic E-state index is 12.9. The van der Waals surface area contributed by atoms with E-state index in [9.17, 15) is 13.2 Å². The summed E-state index contributed by atoms with van der Waals surface area (Å²) in [5.41, 5.74) is 0.621. The summed E-state index contributed by atoms with van der Waals surface area (Å²) in [5, 5.41) is 8.80. The van der Waals surface area contributed by atoms with Crippen LogP contribution < -0.4 is 4.74 Å². The second-order valence-corrected chi connectivity index (χ2v) is 8.31. The average Bonchev–Trinajstić information content (AvgIpc) is 2.99. The Labute approximate surface area is 159 Å². The molecule has 1 aliphatic rings. The zero-order chi connectivity index (χ0) is 19.3. The lowest BCUT2D eigenvalue weighted by molar-refractivity contribution is 0.0734. The first kappa shape index (κ1) is 19.1. The van der Waals surface area contributed by atoms with Crippen LogP contribution in [0.15, 0.2) is 53.4 Å². The van der Waals surface area contributed by atoms with Crippen molar-refractivity contribution in [2.45, 2.75) is 30.6 Å². The Balaban J connectivity index is 1.79. The maximum Gasteiger partial charge on any atom is 0.343 e. The highest BCUT2D eigenvalue weighted by atomic mass is 32.2. The van der Waals surface area contributed by atoms with Gasteiger partial charge >= 0.3 is 5.97 Å². The monoisotopic (exact) mass is 384 g/mol. The number of carbonyl (C=O) groups is 1. The average molecular weight is 384 g/mol. The van der Waals surface area contributed by atoms with Crippen LogP contribution >= 0.6 is 0 Å². The number of carbonyl (C=O) groups excluding carboxylic acids is 1. The van der Waals surface area contributed by atoms with Crippen molar-refractivity contribution < 1.29 is 17.9 Å². The highest BCUT2D eigenvalue weighted by Gasteiger charge is 2.26. The van der Waals surface area contributed by atoms with E-state index < -0.39 is 16.0 Å². The van der Waals surface area contributed by atoms with E-state index >= 15 is 0 Å². The standard InChI is InChI=1S/C20H20N2O4S/c21-15-16-8-10-18(11-9-16)26-20(23)17-6-5-7-19(14-17)27(24,25)22-12-3-1-2-4-13-22/h5-11,14H,1-4,12-13H2. The van der Waals surface area contributed by atoms with Crippen LogP contribution in [0.25, 0.3) is 0 Å². The molecule has 0 saturated carbocycles. The van der Waals surface area contributed by atoms with Crippen LogP contribution in [0.1, 0.15) is 41.6 Å². The lowest BCUT2D eigenvalue weighted by Gasteiger charge is -2.20. The molecule has 0 aromatic heterocycles. The predicted molar refractivity (Wildman–Crippen MR) is 99.8 cm³/mol. The SMILES string of the molecule is N#Cc1ccc(OC(=O)c2cccc(S(=O)(=O)N3CCCCCC3)c2)cc1. The molecule has 0 radical (unpaired) electrons. The predicted octanol–water partition coefficient (Wildman–Crippen LogP) is 3.34. The van der Waals surface area contributed by atoms with E-state index in [1.807, 2.05) is 6.07 Å². The second-order valence-electron chi connectivity index (χ2n) is 6.37. The number of sulfonamides is 1. The molecule has 0 spiro atoms. The molecule has 0 amide bonds. The molecule has 0 aliphatic carbocycles. The fourth-order valence-electron chi connectivity index (χ4n) is 2.98. The lowest BCUT2D eigenvalue weighted by atomic mass is 10.2. The summed E-state index contributed by atoms with van der Waals surface area (Å²) in [6, 6.07) is 14.0. The van der Waals surface area contributed by atoms with Crippen molar-refractivity contribution in [1.29, 1.82) is 5.26 Å². The number of esters is 1. The van der Waals surface area contributed by atoms with Gasteiger partial charge in [0.15, 0.2) is 0 Å². The number of nitrogens with zero attached hydrogens (tertiary/aromatic N) is 2. The van der Waals surface area contributed by atoms with Gasteiger partial charge in [-0.2, -0.15) is 9.57 Å². The Morgan fingerprint density at radius 1 is 1.00 bits per heavy atom. The smallest absolute Gasteiger partial charge is 0.343 e. The second kappa shape index (κ2) is 8.33. The summed E-state index contributed by atoms with van der Waals surface area (Å²) in [7, 11) is -3.63. The van der Waals surface area contributed by atoms with Crippen LogP contribution in [0.5, 0.6) is 5.75 Å². The molecule has 27 heavy (non-hydrogen) atoms. The number of nitriles is 1. The normalized spacial score (nSPS) is 15.5. The highest BCUT2D eigenvalue weighted by molar-refractivity contribution is 7.89. The molecule has 0 N–H and O–H groups in total. The Hall–Kier alpha value is -2.69. The minimum absolute atomic E-state index is 0.0960. The number of rotatable bonds is 4. The quantitative estimate of drug-likeness (QED) is 0.596. The van der Waals surface area contributed by atoms with Gasteiger partial charge in [-0.1, -0.05) is 18.9 Å². The molecule has 1 heterocycles.